The van der Waals surface area contributed by atoms with Crippen molar-refractivity contribution in [2.24, 2.45) is 0 Å². The second-order valence-corrected chi connectivity index (χ2v) is 0. The summed E-state index contributed by atoms with van der Waals surface area (Å²) < 4.78 is 0. The Morgan fingerprint density at radius 3 is 1.00 bits per heavy atom. The van der Waals surface area contributed by atoms with Crippen LogP contribution in [-0.4, -0.2) is 50.4 Å². The standard InChI is InChI=1S/Mg.Nb.Pb.Ti.4H. The first-order chi connectivity index (χ1) is 0. The first-order valence-corrected chi connectivity index (χ1v) is 0. The van der Waals surface area contributed by atoms with Crippen LogP contribution in [0.4, 0.5) is 0 Å². The van der Waals surface area contributed by atoms with Gasteiger partial charge in [-0.05, 0) is 0 Å². The van der Waals surface area contributed by atoms with Gasteiger partial charge in [0.05, 0.1) is 0 Å². The zero-order valence-electron chi connectivity index (χ0n) is 1.65. The minimum Gasteiger partial charge on any atom is 0 e. The van der Waals surface area contributed by atoms with Crippen LogP contribution >= 0.6 is 0 Å². The molecule has 3 radical (unpaired) electrons. The molecule has 0 unspecified atom stereocenters. The van der Waals surface area contributed by atoms with E-state index in [4.69, 9.17) is 0 Å². The summed E-state index contributed by atoms with van der Waals surface area (Å²) in [7, 11) is 0. The van der Waals surface area contributed by atoms with Crippen LogP contribution in [0.3, 0.4) is 0 Å². The summed E-state index contributed by atoms with van der Waals surface area (Å²) in [5, 5.41) is 0. The predicted octanol–water partition coefficient (Wildman–Crippen LogP) is -1.84. The molecule has 0 amide bonds. The Bertz CT molecular complexity index is 8.00. The van der Waals surface area contributed by atoms with Crippen molar-refractivity contribution in [2.45, 2.75) is 0 Å². The van der Waals surface area contributed by atoms with E-state index >= 15 is 0 Å². The number of hydrogen-bond acceptors (Lipinski definition) is 0. The summed E-state index contributed by atoms with van der Waals surface area (Å²) in [5.74, 6) is 0. The van der Waals surface area contributed by atoms with E-state index in [9.17, 15) is 0 Å². The molecule has 0 bridgehead atoms. The van der Waals surface area contributed by atoms with Gasteiger partial charge in [-0.1, -0.05) is 0 Å². The Labute approximate surface area is 92.6 Å². The first kappa shape index (κ1) is 27.3. The van der Waals surface area contributed by atoms with E-state index in [2.05, 4.69) is 0 Å². The van der Waals surface area contributed by atoms with Crippen molar-refractivity contribution in [3.05, 3.63) is 0 Å². The molecule has 4 heavy (non-hydrogen) atoms. The van der Waals surface area contributed by atoms with Crippen molar-refractivity contribution in [1.29, 1.82) is 0 Å². The molecule has 0 aliphatic carbocycles. The Hall–Kier alpha value is 3.14. The quantitative estimate of drug-likeness (QED) is 0.436. The van der Waals surface area contributed by atoms with Crippen LogP contribution in [-0.2, 0) is 44.1 Å². The fourth-order valence-corrected chi connectivity index (χ4v) is 0. The van der Waals surface area contributed by atoms with Crippen LogP contribution < -0.4 is 0 Å². The molecule has 0 aromatic heterocycles. The summed E-state index contributed by atoms with van der Waals surface area (Å²) in [6.45, 7) is 0. The van der Waals surface area contributed by atoms with Crippen molar-refractivity contribution < 1.29 is 44.1 Å². The maximum Gasteiger partial charge on any atom is 0 e. The van der Waals surface area contributed by atoms with Crippen molar-refractivity contribution in [1.82, 2.24) is 0 Å². The molecule has 0 fully saturated rings. The average molecular weight is 376 g/mol. The number of rotatable bonds is 0. The van der Waals surface area contributed by atoms with E-state index in [1.165, 1.54) is 0 Å². The monoisotopic (exact) mass is 377 g/mol. The van der Waals surface area contributed by atoms with Gasteiger partial charge >= 0.3 is 50.4 Å². The molecule has 0 saturated heterocycles. The summed E-state index contributed by atoms with van der Waals surface area (Å²) >= 11 is 0. The van der Waals surface area contributed by atoms with Crippen LogP contribution in [0.2, 0.25) is 0 Å². The molecule has 0 N–H and O–H groups in total. The molecule has 0 rings (SSSR count). The largest absolute Gasteiger partial charge is 0 e. The minimum absolute atomic E-state index is 0. The van der Waals surface area contributed by atoms with Crippen LogP contribution in [0.1, 0.15) is 0 Å². The van der Waals surface area contributed by atoms with Gasteiger partial charge in [0, 0.05) is 44.1 Å². The summed E-state index contributed by atoms with van der Waals surface area (Å²) in [6, 6.07) is 0. The molecule has 0 atom stereocenters. The van der Waals surface area contributed by atoms with Gasteiger partial charge in [-0.3, -0.25) is 0 Å². The molecule has 0 aliphatic heterocycles. The zero-order chi connectivity index (χ0) is 0. The molecular formula is H4MgNbPbTi. The predicted molar refractivity (Wildman–Crippen MR) is 17.1 cm³/mol. The van der Waals surface area contributed by atoms with E-state index in [0.29, 0.717) is 0 Å². The Morgan fingerprint density at radius 2 is 1.00 bits per heavy atom. The van der Waals surface area contributed by atoms with Crippen molar-refractivity contribution in [2.75, 3.05) is 0 Å². The van der Waals surface area contributed by atoms with Gasteiger partial charge in [0.15, 0.2) is 0 Å². The van der Waals surface area contributed by atoms with Crippen LogP contribution in [0.15, 0.2) is 0 Å². The topological polar surface area (TPSA) is 0 Å². The van der Waals surface area contributed by atoms with Crippen LogP contribution in [0, 0.1) is 0 Å². The van der Waals surface area contributed by atoms with Crippen LogP contribution in [0.5, 0.6) is 0 Å². The summed E-state index contributed by atoms with van der Waals surface area (Å²) in [6.07, 6.45) is 0. The fraction of sp³-hybridized carbons (Fsp3) is 0. The van der Waals surface area contributed by atoms with Gasteiger partial charge < -0.3 is 0 Å². The second kappa shape index (κ2) is 16.4. The zero-order valence-corrected chi connectivity index (χ0v) is 10.9. The van der Waals surface area contributed by atoms with Gasteiger partial charge in [-0.25, -0.2) is 0 Å². The molecule has 0 nitrogen and oxygen atoms in total. The first-order valence-electron chi connectivity index (χ1n) is 0. The fourth-order valence-electron chi connectivity index (χ4n) is 0. The van der Waals surface area contributed by atoms with E-state index in [1.54, 1.807) is 0 Å². The van der Waals surface area contributed by atoms with Gasteiger partial charge in [0.1, 0.15) is 0 Å². The summed E-state index contributed by atoms with van der Waals surface area (Å²) in [5.41, 5.74) is 0. The maximum absolute atomic E-state index is 0. The normalized spacial score (nSPS) is 0. The smallest absolute Gasteiger partial charge is 0 e. The summed E-state index contributed by atoms with van der Waals surface area (Å²) in [4.78, 5) is 0. The Balaban J connectivity index is 0. The Kier molecular flexibility index (Phi) is 112. The molecule has 0 aliphatic rings. The van der Waals surface area contributed by atoms with Crippen molar-refractivity contribution in [3.63, 3.8) is 0 Å². The molecule has 0 aromatic carbocycles. The van der Waals surface area contributed by atoms with E-state index in [-0.39, 0.29) is 94.4 Å². The van der Waals surface area contributed by atoms with Crippen LogP contribution in [0.25, 0.3) is 0 Å². The van der Waals surface area contributed by atoms with Gasteiger partial charge in [-0.2, -0.15) is 0 Å². The SMILES string of the molecule is [MgH2].[Nb].[PbH2].[Ti]. The third kappa shape index (κ3) is 8.94. The third-order valence-electron chi connectivity index (χ3n) is 0. The van der Waals surface area contributed by atoms with Gasteiger partial charge in [0.25, 0.3) is 0 Å². The van der Waals surface area contributed by atoms with Gasteiger partial charge in [0.2, 0.25) is 0 Å². The maximum atomic E-state index is 0. The second-order valence-electron chi connectivity index (χ2n) is 0. The molecule has 19 valence electrons. The van der Waals surface area contributed by atoms with E-state index in [1.807, 2.05) is 0 Å². The molecule has 0 heterocycles. The average Bonchev–Trinajstić information content (AvgIpc) is 0. The minimum atomic E-state index is 0. The van der Waals surface area contributed by atoms with E-state index < -0.39 is 0 Å². The van der Waals surface area contributed by atoms with Crippen molar-refractivity contribution >= 4 is 50.4 Å². The molecule has 0 saturated carbocycles. The Morgan fingerprint density at radius 1 is 1.00 bits per heavy atom. The molecule has 0 spiro atoms. The van der Waals surface area contributed by atoms with Gasteiger partial charge in [-0.15, -0.1) is 0 Å². The third-order valence-corrected chi connectivity index (χ3v) is 0. The van der Waals surface area contributed by atoms with Crippen molar-refractivity contribution in [3.8, 4) is 0 Å². The molecule has 4 heteroatoms. The van der Waals surface area contributed by atoms with E-state index in [0.717, 1.165) is 0 Å². The number of hydrogen-bond donors (Lipinski definition) is 0. The molecular weight excluding hydrogens is 372 g/mol. The molecule has 0 aromatic rings.